The molecule has 0 saturated heterocycles. The third kappa shape index (κ3) is 6.10. The number of rotatable bonds is 8. The molecule has 0 aromatic heterocycles. The fourth-order valence-corrected chi connectivity index (χ4v) is 2.05. The zero-order valence-corrected chi connectivity index (χ0v) is 10.4. The second-order valence-electron chi connectivity index (χ2n) is 3.40. The number of hydrogen-bond donors (Lipinski definition) is 1. The van der Waals surface area contributed by atoms with Gasteiger partial charge in [0.1, 0.15) is 5.82 Å². The van der Waals surface area contributed by atoms with Crippen LogP contribution in [0.15, 0.2) is 29.2 Å². The smallest absolute Gasteiger partial charge is 0.123 e. The lowest BCUT2D eigenvalue weighted by Gasteiger charge is -2.04. The maximum Gasteiger partial charge on any atom is 0.123 e. The van der Waals surface area contributed by atoms with Crippen LogP contribution < -0.4 is 5.32 Å². The van der Waals surface area contributed by atoms with Crippen LogP contribution in [-0.2, 0) is 4.74 Å². The maximum absolute atomic E-state index is 12.6. The predicted molar refractivity (Wildman–Crippen MR) is 66.5 cm³/mol. The summed E-state index contributed by atoms with van der Waals surface area (Å²) in [6.07, 6.45) is 1.04. The molecule has 1 aromatic rings. The molecular formula is C12H18FNOS. The highest BCUT2D eigenvalue weighted by molar-refractivity contribution is 7.99. The van der Waals surface area contributed by atoms with Gasteiger partial charge in [0.05, 0.1) is 0 Å². The first-order valence-electron chi connectivity index (χ1n) is 5.41. The molecule has 0 heterocycles. The number of ether oxygens (including phenoxy) is 1. The number of nitrogens with one attached hydrogen (secondary N) is 1. The van der Waals surface area contributed by atoms with E-state index >= 15 is 0 Å². The van der Waals surface area contributed by atoms with E-state index in [1.807, 2.05) is 12.1 Å². The summed E-state index contributed by atoms with van der Waals surface area (Å²) in [5.41, 5.74) is 0. The lowest BCUT2D eigenvalue weighted by Crippen LogP contribution is -2.19. The van der Waals surface area contributed by atoms with E-state index in [-0.39, 0.29) is 5.82 Å². The van der Waals surface area contributed by atoms with Crippen LogP contribution >= 0.6 is 11.8 Å². The van der Waals surface area contributed by atoms with Crippen molar-refractivity contribution in [3.8, 4) is 0 Å². The normalized spacial score (nSPS) is 10.6. The molecule has 0 fully saturated rings. The summed E-state index contributed by atoms with van der Waals surface area (Å²) < 4.78 is 17.6. The molecule has 0 atom stereocenters. The Morgan fingerprint density at radius 2 is 2.00 bits per heavy atom. The zero-order chi connectivity index (χ0) is 11.6. The van der Waals surface area contributed by atoms with Crippen LogP contribution in [0.4, 0.5) is 4.39 Å². The van der Waals surface area contributed by atoms with Crippen LogP contribution in [0.2, 0.25) is 0 Å². The number of methoxy groups -OCH3 is 1. The molecule has 1 N–H and O–H groups in total. The van der Waals surface area contributed by atoms with Crippen LogP contribution in [0.1, 0.15) is 6.42 Å². The van der Waals surface area contributed by atoms with Gasteiger partial charge >= 0.3 is 0 Å². The topological polar surface area (TPSA) is 21.3 Å². The minimum absolute atomic E-state index is 0.179. The predicted octanol–water partition coefficient (Wildman–Crippen LogP) is 2.54. The van der Waals surface area contributed by atoms with Gasteiger partial charge in [0.15, 0.2) is 0 Å². The first-order chi connectivity index (χ1) is 7.83. The molecule has 0 spiro atoms. The van der Waals surface area contributed by atoms with Crippen molar-refractivity contribution in [2.24, 2.45) is 0 Å². The summed E-state index contributed by atoms with van der Waals surface area (Å²) >= 11 is 1.73. The van der Waals surface area contributed by atoms with Crippen LogP contribution in [-0.4, -0.2) is 32.6 Å². The molecular weight excluding hydrogens is 225 g/mol. The zero-order valence-electron chi connectivity index (χ0n) is 9.54. The Kier molecular flexibility index (Phi) is 7.21. The fraction of sp³-hybridized carbons (Fsp3) is 0.500. The van der Waals surface area contributed by atoms with Crippen molar-refractivity contribution >= 4 is 11.8 Å². The lowest BCUT2D eigenvalue weighted by molar-refractivity contribution is 0.194. The standard InChI is InChI=1S/C12H18FNOS/c1-15-9-2-7-14-8-10-16-12-5-3-11(13)4-6-12/h3-6,14H,2,7-10H2,1H3. The highest BCUT2D eigenvalue weighted by Crippen LogP contribution is 2.16. The van der Waals surface area contributed by atoms with Gasteiger partial charge in [0, 0.05) is 30.9 Å². The molecule has 0 radical (unpaired) electrons. The van der Waals surface area contributed by atoms with Gasteiger partial charge in [0.25, 0.3) is 0 Å². The van der Waals surface area contributed by atoms with Gasteiger partial charge < -0.3 is 10.1 Å². The van der Waals surface area contributed by atoms with Crippen LogP contribution in [0.25, 0.3) is 0 Å². The van der Waals surface area contributed by atoms with E-state index in [9.17, 15) is 4.39 Å². The van der Waals surface area contributed by atoms with Crippen molar-refractivity contribution in [1.82, 2.24) is 5.32 Å². The summed E-state index contributed by atoms with van der Waals surface area (Å²) in [4.78, 5) is 1.11. The molecule has 0 amide bonds. The molecule has 1 aromatic carbocycles. The SMILES string of the molecule is COCCCNCCSc1ccc(F)cc1. The summed E-state index contributed by atoms with van der Waals surface area (Å²) in [5, 5.41) is 3.33. The first kappa shape index (κ1) is 13.5. The molecule has 16 heavy (non-hydrogen) atoms. The van der Waals surface area contributed by atoms with Crippen LogP contribution in [0.3, 0.4) is 0 Å². The number of thioether (sulfide) groups is 1. The molecule has 0 aliphatic carbocycles. The van der Waals surface area contributed by atoms with E-state index in [2.05, 4.69) is 5.32 Å². The number of benzene rings is 1. The molecule has 2 nitrogen and oxygen atoms in total. The second-order valence-corrected chi connectivity index (χ2v) is 4.57. The quantitative estimate of drug-likeness (QED) is 0.560. The van der Waals surface area contributed by atoms with E-state index in [0.29, 0.717) is 0 Å². The Hall–Kier alpha value is -0.580. The van der Waals surface area contributed by atoms with Crippen molar-refractivity contribution in [2.75, 3.05) is 32.6 Å². The molecule has 1 rings (SSSR count). The van der Waals surface area contributed by atoms with E-state index in [1.54, 1.807) is 18.9 Å². The van der Waals surface area contributed by atoms with Crippen LogP contribution in [0, 0.1) is 5.82 Å². The monoisotopic (exact) mass is 243 g/mol. The maximum atomic E-state index is 12.6. The average Bonchev–Trinajstić information content (AvgIpc) is 2.30. The summed E-state index contributed by atoms with van der Waals surface area (Å²) in [6, 6.07) is 6.61. The van der Waals surface area contributed by atoms with Crippen molar-refractivity contribution in [2.45, 2.75) is 11.3 Å². The van der Waals surface area contributed by atoms with Crippen molar-refractivity contribution in [3.63, 3.8) is 0 Å². The highest BCUT2D eigenvalue weighted by atomic mass is 32.2. The number of hydrogen-bond acceptors (Lipinski definition) is 3. The molecule has 0 aliphatic rings. The third-order valence-electron chi connectivity index (χ3n) is 2.06. The average molecular weight is 243 g/mol. The molecule has 0 aliphatic heterocycles. The lowest BCUT2D eigenvalue weighted by atomic mass is 10.4. The van der Waals surface area contributed by atoms with Gasteiger partial charge in [-0.3, -0.25) is 0 Å². The van der Waals surface area contributed by atoms with E-state index < -0.39 is 0 Å². The summed E-state index contributed by atoms with van der Waals surface area (Å²) in [6.45, 7) is 2.75. The Morgan fingerprint density at radius 3 is 2.69 bits per heavy atom. The molecule has 0 bridgehead atoms. The Morgan fingerprint density at radius 1 is 1.25 bits per heavy atom. The van der Waals surface area contributed by atoms with E-state index in [1.165, 1.54) is 12.1 Å². The number of halogens is 1. The van der Waals surface area contributed by atoms with Crippen LogP contribution in [0.5, 0.6) is 0 Å². The van der Waals surface area contributed by atoms with Crippen molar-refractivity contribution in [1.29, 1.82) is 0 Å². The molecule has 0 saturated carbocycles. The van der Waals surface area contributed by atoms with Gasteiger partial charge in [-0.05, 0) is 37.2 Å². The Labute approximate surface area is 101 Å². The molecule has 4 heteroatoms. The Bertz CT molecular complexity index is 279. The van der Waals surface area contributed by atoms with Crippen molar-refractivity contribution < 1.29 is 9.13 Å². The third-order valence-corrected chi connectivity index (χ3v) is 3.08. The highest BCUT2D eigenvalue weighted by Gasteiger charge is 1.94. The van der Waals surface area contributed by atoms with Gasteiger partial charge in [-0.1, -0.05) is 0 Å². The van der Waals surface area contributed by atoms with Gasteiger partial charge in [0.2, 0.25) is 0 Å². The van der Waals surface area contributed by atoms with Gasteiger partial charge in [-0.2, -0.15) is 0 Å². The fourth-order valence-electron chi connectivity index (χ4n) is 1.24. The largest absolute Gasteiger partial charge is 0.385 e. The first-order valence-corrected chi connectivity index (χ1v) is 6.39. The molecule has 0 unspecified atom stereocenters. The minimum atomic E-state index is -0.179. The summed E-state index contributed by atoms with van der Waals surface area (Å²) in [5.74, 6) is 0.820. The van der Waals surface area contributed by atoms with E-state index in [4.69, 9.17) is 4.74 Å². The van der Waals surface area contributed by atoms with E-state index in [0.717, 1.165) is 36.8 Å². The van der Waals surface area contributed by atoms with Crippen molar-refractivity contribution in [3.05, 3.63) is 30.1 Å². The second kappa shape index (κ2) is 8.56. The van der Waals surface area contributed by atoms with Gasteiger partial charge in [-0.15, -0.1) is 11.8 Å². The minimum Gasteiger partial charge on any atom is -0.385 e. The Balaban J connectivity index is 2.01. The summed E-state index contributed by atoms with van der Waals surface area (Å²) in [7, 11) is 1.71. The van der Waals surface area contributed by atoms with Gasteiger partial charge in [-0.25, -0.2) is 4.39 Å². The molecule has 90 valence electrons.